The van der Waals surface area contributed by atoms with E-state index in [1.807, 2.05) is 30.3 Å². The molecule has 0 bridgehead atoms. The van der Waals surface area contributed by atoms with E-state index >= 15 is 0 Å². The van der Waals surface area contributed by atoms with E-state index in [0.717, 1.165) is 24.3 Å². The van der Waals surface area contributed by atoms with Crippen LogP contribution in [0.2, 0.25) is 0 Å². The lowest BCUT2D eigenvalue weighted by Crippen LogP contribution is -2.55. The molecule has 1 fully saturated rings. The number of ether oxygens (including phenoxy) is 1. The second kappa shape index (κ2) is 8.92. The monoisotopic (exact) mass is 318 g/mol. The van der Waals surface area contributed by atoms with Crippen LogP contribution in [0.15, 0.2) is 30.3 Å². The largest absolute Gasteiger partial charge is 0.445 e. The predicted molar refractivity (Wildman–Crippen MR) is 93.2 cm³/mol. The summed E-state index contributed by atoms with van der Waals surface area (Å²) in [6.07, 6.45) is 4.09. The minimum Gasteiger partial charge on any atom is -0.445 e. The third-order valence-corrected chi connectivity index (χ3v) is 4.93. The normalized spacial score (nSPS) is 21.6. The summed E-state index contributed by atoms with van der Waals surface area (Å²) in [6, 6.07) is 11.1. The first-order valence-corrected chi connectivity index (χ1v) is 8.85. The maximum absolute atomic E-state index is 11.8. The first-order chi connectivity index (χ1) is 11.1. The van der Waals surface area contributed by atoms with Gasteiger partial charge in [0.2, 0.25) is 0 Å². The molecule has 0 radical (unpaired) electrons. The van der Waals surface area contributed by atoms with Crippen LogP contribution < -0.4 is 10.6 Å². The topological polar surface area (TPSA) is 50.4 Å². The van der Waals surface area contributed by atoms with Crippen molar-refractivity contribution in [1.29, 1.82) is 0 Å². The molecule has 4 nitrogen and oxygen atoms in total. The van der Waals surface area contributed by atoms with Crippen molar-refractivity contribution in [3.05, 3.63) is 35.9 Å². The highest BCUT2D eigenvalue weighted by molar-refractivity contribution is 5.67. The Hall–Kier alpha value is -1.55. The zero-order valence-corrected chi connectivity index (χ0v) is 14.5. The number of hydrogen-bond donors (Lipinski definition) is 2. The number of amides is 1. The summed E-state index contributed by atoms with van der Waals surface area (Å²) < 4.78 is 5.25. The van der Waals surface area contributed by atoms with Crippen molar-refractivity contribution in [3.63, 3.8) is 0 Å². The maximum atomic E-state index is 11.8. The number of alkyl carbamates (subject to hydrolysis) is 1. The van der Waals surface area contributed by atoms with Gasteiger partial charge in [-0.25, -0.2) is 4.79 Å². The van der Waals surface area contributed by atoms with E-state index in [0.29, 0.717) is 18.7 Å². The molecule has 4 heteroatoms. The first kappa shape index (κ1) is 17.8. The SMILES string of the molecule is CCC(CC)C(C)NC1CC(NC(=O)OCc2ccccc2)C1. The zero-order valence-electron chi connectivity index (χ0n) is 14.5. The Kier molecular flexibility index (Phi) is 6.90. The van der Waals surface area contributed by atoms with Crippen molar-refractivity contribution in [2.45, 2.75) is 71.2 Å². The highest BCUT2D eigenvalue weighted by atomic mass is 16.5. The Morgan fingerprint density at radius 2 is 1.83 bits per heavy atom. The van der Waals surface area contributed by atoms with Gasteiger partial charge in [-0.2, -0.15) is 0 Å². The van der Waals surface area contributed by atoms with Gasteiger partial charge in [0.15, 0.2) is 0 Å². The molecule has 1 unspecified atom stereocenters. The molecule has 0 saturated heterocycles. The number of carbonyl (C=O) groups excluding carboxylic acids is 1. The number of carbonyl (C=O) groups is 1. The van der Waals surface area contributed by atoms with Crippen molar-refractivity contribution in [2.75, 3.05) is 0 Å². The highest BCUT2D eigenvalue weighted by Crippen LogP contribution is 2.23. The van der Waals surface area contributed by atoms with Crippen LogP contribution >= 0.6 is 0 Å². The highest BCUT2D eigenvalue weighted by Gasteiger charge is 2.32. The van der Waals surface area contributed by atoms with E-state index in [9.17, 15) is 4.79 Å². The van der Waals surface area contributed by atoms with E-state index in [-0.39, 0.29) is 12.1 Å². The summed E-state index contributed by atoms with van der Waals surface area (Å²) in [4.78, 5) is 11.8. The predicted octanol–water partition coefficient (Wildman–Crippen LogP) is 3.86. The summed E-state index contributed by atoms with van der Waals surface area (Å²) in [5.74, 6) is 0.734. The Labute approximate surface area is 140 Å². The van der Waals surface area contributed by atoms with Crippen molar-refractivity contribution >= 4 is 6.09 Å². The smallest absolute Gasteiger partial charge is 0.407 e. The Morgan fingerprint density at radius 3 is 2.43 bits per heavy atom. The first-order valence-electron chi connectivity index (χ1n) is 8.85. The van der Waals surface area contributed by atoms with Crippen molar-refractivity contribution < 1.29 is 9.53 Å². The molecule has 1 amide bonds. The zero-order chi connectivity index (χ0) is 16.7. The average Bonchev–Trinajstić information content (AvgIpc) is 2.53. The second-order valence-electron chi connectivity index (χ2n) is 6.60. The second-order valence-corrected chi connectivity index (χ2v) is 6.60. The van der Waals surface area contributed by atoms with Gasteiger partial charge in [0.1, 0.15) is 6.61 Å². The average molecular weight is 318 g/mol. The molecule has 0 aromatic heterocycles. The summed E-state index contributed by atoms with van der Waals surface area (Å²) in [7, 11) is 0. The number of nitrogens with one attached hydrogen (secondary N) is 2. The van der Waals surface area contributed by atoms with E-state index < -0.39 is 0 Å². The molecule has 1 atom stereocenters. The van der Waals surface area contributed by atoms with Crippen LogP contribution in [0, 0.1) is 5.92 Å². The lowest BCUT2D eigenvalue weighted by Gasteiger charge is -2.39. The maximum Gasteiger partial charge on any atom is 0.407 e. The van der Waals surface area contributed by atoms with Gasteiger partial charge in [-0.1, -0.05) is 57.0 Å². The standard InChI is InChI=1S/C19H30N2O2/c1-4-16(5-2)14(3)20-17-11-18(12-17)21-19(22)23-13-15-9-7-6-8-10-15/h6-10,14,16-18,20H,4-5,11-13H2,1-3H3,(H,21,22). The van der Waals surface area contributed by atoms with Crippen LogP contribution in [0.4, 0.5) is 4.79 Å². The van der Waals surface area contributed by atoms with Gasteiger partial charge >= 0.3 is 6.09 Å². The van der Waals surface area contributed by atoms with Crippen molar-refractivity contribution in [3.8, 4) is 0 Å². The summed E-state index contributed by atoms with van der Waals surface area (Å²) in [5, 5.41) is 6.63. The molecular formula is C19H30N2O2. The third kappa shape index (κ3) is 5.54. The molecule has 1 aliphatic rings. The summed E-state index contributed by atoms with van der Waals surface area (Å²) in [6.45, 7) is 7.10. The molecule has 1 saturated carbocycles. The van der Waals surface area contributed by atoms with Gasteiger partial charge in [-0.15, -0.1) is 0 Å². The Bertz CT molecular complexity index is 468. The Balaban J connectivity index is 1.61. The van der Waals surface area contributed by atoms with Gasteiger partial charge in [0.25, 0.3) is 0 Å². The lowest BCUT2D eigenvalue weighted by molar-refractivity contribution is 0.123. The molecule has 2 rings (SSSR count). The summed E-state index contributed by atoms with van der Waals surface area (Å²) >= 11 is 0. The van der Waals surface area contributed by atoms with Gasteiger partial charge in [0, 0.05) is 18.1 Å². The minimum atomic E-state index is -0.314. The fraction of sp³-hybridized carbons (Fsp3) is 0.632. The number of rotatable bonds is 8. The molecule has 128 valence electrons. The molecule has 1 aromatic rings. The Morgan fingerprint density at radius 1 is 1.17 bits per heavy atom. The van der Waals surface area contributed by atoms with Crippen molar-refractivity contribution in [1.82, 2.24) is 10.6 Å². The van der Waals surface area contributed by atoms with Crippen LogP contribution in [-0.2, 0) is 11.3 Å². The van der Waals surface area contributed by atoms with Gasteiger partial charge in [0.05, 0.1) is 0 Å². The van der Waals surface area contributed by atoms with E-state index in [4.69, 9.17) is 4.74 Å². The van der Waals surface area contributed by atoms with E-state index in [1.54, 1.807) is 0 Å². The van der Waals surface area contributed by atoms with Gasteiger partial charge in [-0.05, 0) is 31.2 Å². The van der Waals surface area contributed by atoms with Crippen LogP contribution in [0.25, 0.3) is 0 Å². The minimum absolute atomic E-state index is 0.240. The van der Waals surface area contributed by atoms with Crippen molar-refractivity contribution in [2.24, 2.45) is 5.92 Å². The molecule has 0 spiro atoms. The number of hydrogen-bond acceptors (Lipinski definition) is 3. The van der Waals surface area contributed by atoms with E-state index in [2.05, 4.69) is 31.4 Å². The quantitative estimate of drug-likeness (QED) is 0.765. The third-order valence-electron chi connectivity index (χ3n) is 4.93. The molecule has 2 N–H and O–H groups in total. The van der Waals surface area contributed by atoms with E-state index in [1.165, 1.54) is 12.8 Å². The molecule has 1 aliphatic carbocycles. The fourth-order valence-corrected chi connectivity index (χ4v) is 3.31. The van der Waals surface area contributed by atoms with Crippen LogP contribution in [0.3, 0.4) is 0 Å². The van der Waals surface area contributed by atoms with Crippen LogP contribution in [0.5, 0.6) is 0 Å². The summed E-state index contributed by atoms with van der Waals surface area (Å²) in [5.41, 5.74) is 1.01. The molecule has 1 aromatic carbocycles. The molecule has 0 heterocycles. The fourth-order valence-electron chi connectivity index (χ4n) is 3.31. The van der Waals surface area contributed by atoms with Gasteiger partial charge in [-0.3, -0.25) is 0 Å². The lowest BCUT2D eigenvalue weighted by atomic mass is 9.85. The van der Waals surface area contributed by atoms with Crippen LogP contribution in [-0.4, -0.2) is 24.2 Å². The van der Waals surface area contributed by atoms with Gasteiger partial charge < -0.3 is 15.4 Å². The number of benzene rings is 1. The van der Waals surface area contributed by atoms with Crippen LogP contribution in [0.1, 0.15) is 52.0 Å². The molecular weight excluding hydrogens is 288 g/mol. The molecule has 0 aliphatic heterocycles. The molecule has 23 heavy (non-hydrogen) atoms.